The Kier molecular flexibility index (Phi) is 4.38. The Labute approximate surface area is 137 Å². The Morgan fingerprint density at radius 2 is 1.96 bits per heavy atom. The lowest BCUT2D eigenvalue weighted by molar-refractivity contribution is 0.250. The monoisotopic (exact) mass is 328 g/mol. The molecule has 2 N–H and O–H groups in total. The third-order valence-electron chi connectivity index (χ3n) is 3.01. The fourth-order valence-corrected chi connectivity index (χ4v) is 2.61. The lowest BCUT2D eigenvalue weighted by Gasteiger charge is -2.10. The van der Waals surface area contributed by atoms with Gasteiger partial charge in [0.1, 0.15) is 0 Å². The number of nitrogens with zero attached hydrogens (tertiary/aromatic N) is 2. The average molecular weight is 328 g/mol. The minimum absolute atomic E-state index is 0.0872. The molecule has 0 aliphatic rings. The van der Waals surface area contributed by atoms with Crippen LogP contribution in [0.2, 0.25) is 0 Å². The Hall–Kier alpha value is -2.67. The predicted octanol–water partition coefficient (Wildman–Crippen LogP) is 4.00. The Bertz CT molecular complexity index is 779. The van der Waals surface area contributed by atoms with Gasteiger partial charge in [-0.25, -0.2) is 4.79 Å². The predicted molar refractivity (Wildman–Crippen MR) is 90.3 cm³/mol. The van der Waals surface area contributed by atoms with Crippen LogP contribution in [0.3, 0.4) is 0 Å². The van der Waals surface area contributed by atoms with Crippen molar-refractivity contribution in [2.75, 3.05) is 5.32 Å². The maximum Gasteiger partial charge on any atom is 0.319 e. The van der Waals surface area contributed by atoms with Gasteiger partial charge < -0.3 is 15.2 Å². The van der Waals surface area contributed by atoms with Crippen LogP contribution in [0, 0.1) is 0 Å². The lowest BCUT2D eigenvalue weighted by Crippen LogP contribution is -2.34. The van der Waals surface area contributed by atoms with Gasteiger partial charge in [0.05, 0.1) is 5.56 Å². The summed E-state index contributed by atoms with van der Waals surface area (Å²) in [6.07, 6.45) is 0. The Morgan fingerprint density at radius 3 is 2.61 bits per heavy atom. The van der Waals surface area contributed by atoms with Crippen LogP contribution in [-0.2, 0) is 0 Å². The molecule has 0 unspecified atom stereocenters. The first-order chi connectivity index (χ1) is 11.1. The SMILES string of the molecule is CC(C)NC(=O)Nc1ccc(-c2noc(-c3ccsc3)n2)cc1. The highest BCUT2D eigenvalue weighted by molar-refractivity contribution is 7.08. The van der Waals surface area contributed by atoms with Gasteiger partial charge in [-0.3, -0.25) is 0 Å². The molecule has 0 aliphatic carbocycles. The second kappa shape index (κ2) is 6.62. The molecule has 7 heteroatoms. The van der Waals surface area contributed by atoms with Crippen molar-refractivity contribution >= 4 is 23.1 Å². The van der Waals surface area contributed by atoms with Crippen LogP contribution < -0.4 is 10.6 Å². The van der Waals surface area contributed by atoms with Gasteiger partial charge >= 0.3 is 6.03 Å². The number of urea groups is 1. The van der Waals surface area contributed by atoms with Crippen LogP contribution in [-0.4, -0.2) is 22.2 Å². The van der Waals surface area contributed by atoms with E-state index in [9.17, 15) is 4.79 Å². The number of anilines is 1. The molecule has 118 valence electrons. The summed E-state index contributed by atoms with van der Waals surface area (Å²) in [6.45, 7) is 3.81. The highest BCUT2D eigenvalue weighted by Gasteiger charge is 2.11. The van der Waals surface area contributed by atoms with Crippen molar-refractivity contribution < 1.29 is 9.32 Å². The summed E-state index contributed by atoms with van der Waals surface area (Å²) in [5.41, 5.74) is 2.44. The summed E-state index contributed by atoms with van der Waals surface area (Å²) in [5, 5.41) is 13.4. The molecular weight excluding hydrogens is 312 g/mol. The summed E-state index contributed by atoms with van der Waals surface area (Å²) in [5.74, 6) is 1.02. The molecule has 0 aliphatic heterocycles. The minimum Gasteiger partial charge on any atom is -0.336 e. The van der Waals surface area contributed by atoms with Crippen molar-refractivity contribution in [3.63, 3.8) is 0 Å². The fraction of sp³-hybridized carbons (Fsp3) is 0.188. The normalized spacial score (nSPS) is 10.7. The van der Waals surface area contributed by atoms with Crippen LogP contribution in [0.25, 0.3) is 22.8 Å². The molecule has 1 aromatic carbocycles. The molecule has 2 heterocycles. The number of nitrogens with one attached hydrogen (secondary N) is 2. The van der Waals surface area contributed by atoms with Crippen LogP contribution >= 0.6 is 11.3 Å². The van der Waals surface area contributed by atoms with Crippen molar-refractivity contribution in [1.29, 1.82) is 0 Å². The maximum absolute atomic E-state index is 11.7. The molecule has 0 spiro atoms. The second-order valence-electron chi connectivity index (χ2n) is 5.27. The molecule has 6 nitrogen and oxygen atoms in total. The fourth-order valence-electron chi connectivity index (χ4n) is 1.98. The molecule has 23 heavy (non-hydrogen) atoms. The van der Waals surface area contributed by atoms with Gasteiger partial charge in [-0.2, -0.15) is 16.3 Å². The molecule has 0 saturated carbocycles. The molecule has 0 bridgehead atoms. The molecule has 0 atom stereocenters. The molecule has 2 amide bonds. The standard InChI is InChI=1S/C16H16N4O2S/c1-10(2)17-16(21)18-13-5-3-11(4-6-13)14-19-15(22-20-14)12-7-8-23-9-12/h3-10H,1-2H3,(H2,17,18,21). The third-order valence-corrected chi connectivity index (χ3v) is 3.70. The summed E-state index contributed by atoms with van der Waals surface area (Å²) in [4.78, 5) is 16.0. The summed E-state index contributed by atoms with van der Waals surface area (Å²) in [7, 11) is 0. The molecule has 3 rings (SSSR count). The van der Waals surface area contributed by atoms with E-state index in [1.807, 2.05) is 42.8 Å². The van der Waals surface area contributed by atoms with E-state index in [-0.39, 0.29) is 12.1 Å². The number of carbonyl (C=O) groups excluding carboxylic acids is 1. The van der Waals surface area contributed by atoms with E-state index < -0.39 is 0 Å². The number of aromatic nitrogens is 2. The quantitative estimate of drug-likeness (QED) is 0.759. The van der Waals surface area contributed by atoms with Crippen molar-refractivity contribution in [2.24, 2.45) is 0 Å². The van der Waals surface area contributed by atoms with E-state index in [1.165, 1.54) is 0 Å². The molecule has 0 fully saturated rings. The maximum atomic E-state index is 11.7. The zero-order valence-electron chi connectivity index (χ0n) is 12.7. The number of hydrogen-bond donors (Lipinski definition) is 2. The van der Waals surface area contributed by atoms with Crippen molar-refractivity contribution in [3.05, 3.63) is 41.1 Å². The van der Waals surface area contributed by atoms with Gasteiger partial charge in [0.2, 0.25) is 5.82 Å². The summed E-state index contributed by atoms with van der Waals surface area (Å²) in [6, 6.07) is 9.07. The first kappa shape index (κ1) is 15.2. The van der Waals surface area contributed by atoms with E-state index in [2.05, 4.69) is 20.8 Å². The molecule has 3 aromatic rings. The van der Waals surface area contributed by atoms with E-state index in [4.69, 9.17) is 4.52 Å². The van der Waals surface area contributed by atoms with Crippen molar-refractivity contribution in [3.8, 4) is 22.8 Å². The number of hydrogen-bond acceptors (Lipinski definition) is 5. The van der Waals surface area contributed by atoms with Gasteiger partial charge in [-0.1, -0.05) is 5.16 Å². The molecule has 0 saturated heterocycles. The number of benzene rings is 1. The second-order valence-corrected chi connectivity index (χ2v) is 6.05. The topological polar surface area (TPSA) is 80.0 Å². The molecule has 2 aromatic heterocycles. The first-order valence-corrected chi connectivity index (χ1v) is 8.10. The van der Waals surface area contributed by atoms with E-state index in [0.29, 0.717) is 17.4 Å². The summed E-state index contributed by atoms with van der Waals surface area (Å²) < 4.78 is 5.27. The molecular formula is C16H16N4O2S. The average Bonchev–Trinajstić information content (AvgIpc) is 3.18. The number of amides is 2. The van der Waals surface area contributed by atoms with E-state index in [0.717, 1.165) is 11.1 Å². The van der Waals surface area contributed by atoms with E-state index >= 15 is 0 Å². The summed E-state index contributed by atoms with van der Waals surface area (Å²) >= 11 is 1.58. The Balaban J connectivity index is 1.71. The van der Waals surface area contributed by atoms with Crippen LogP contribution in [0.5, 0.6) is 0 Å². The van der Waals surface area contributed by atoms with Crippen LogP contribution in [0.1, 0.15) is 13.8 Å². The third kappa shape index (κ3) is 3.75. The minimum atomic E-state index is -0.230. The molecule has 0 radical (unpaired) electrons. The van der Waals surface area contributed by atoms with Crippen LogP contribution in [0.4, 0.5) is 10.5 Å². The smallest absolute Gasteiger partial charge is 0.319 e. The van der Waals surface area contributed by atoms with Gasteiger partial charge in [0.15, 0.2) is 0 Å². The zero-order chi connectivity index (χ0) is 16.2. The number of thiophene rings is 1. The Morgan fingerprint density at radius 1 is 1.17 bits per heavy atom. The number of carbonyl (C=O) groups is 1. The zero-order valence-corrected chi connectivity index (χ0v) is 13.6. The highest BCUT2D eigenvalue weighted by atomic mass is 32.1. The van der Waals surface area contributed by atoms with Gasteiger partial charge in [-0.05, 0) is 49.6 Å². The lowest BCUT2D eigenvalue weighted by atomic mass is 10.2. The highest BCUT2D eigenvalue weighted by Crippen LogP contribution is 2.24. The van der Waals surface area contributed by atoms with Gasteiger partial charge in [0, 0.05) is 22.7 Å². The van der Waals surface area contributed by atoms with Gasteiger partial charge in [0.25, 0.3) is 5.89 Å². The largest absolute Gasteiger partial charge is 0.336 e. The van der Waals surface area contributed by atoms with Gasteiger partial charge in [-0.15, -0.1) is 0 Å². The first-order valence-electron chi connectivity index (χ1n) is 7.16. The van der Waals surface area contributed by atoms with E-state index in [1.54, 1.807) is 23.5 Å². The van der Waals surface area contributed by atoms with Crippen LogP contribution in [0.15, 0.2) is 45.6 Å². The van der Waals surface area contributed by atoms with Crippen molar-refractivity contribution in [2.45, 2.75) is 19.9 Å². The van der Waals surface area contributed by atoms with Crippen molar-refractivity contribution in [1.82, 2.24) is 15.5 Å². The number of rotatable bonds is 4.